The molecule has 0 heterocycles. The van der Waals surface area contributed by atoms with E-state index in [1.54, 1.807) is 0 Å². The van der Waals surface area contributed by atoms with Gasteiger partial charge >= 0.3 is 0 Å². The normalized spacial score (nSPS) is 24.6. The van der Waals surface area contributed by atoms with Crippen molar-refractivity contribution in [2.24, 2.45) is 0 Å². The van der Waals surface area contributed by atoms with E-state index in [1.165, 1.54) is 0 Å². The molecule has 0 spiro atoms. The first-order valence-corrected chi connectivity index (χ1v) is 11.5. The van der Waals surface area contributed by atoms with Gasteiger partial charge in [0.15, 0.2) is 11.6 Å². The SMILES string of the molecule is O=C(C(O)C(O)C(O)CO)C(O)C(O)C(O)C(O)C(=O)C(O)C(O)C(O)C(O)C(O)C(O)C(O)C(O)C(O)CO. The van der Waals surface area contributed by atoms with Crippen molar-refractivity contribution in [3.05, 3.63) is 0 Å². The van der Waals surface area contributed by atoms with Crippen LogP contribution in [0, 0.1) is 0 Å². The third-order valence-corrected chi connectivity index (χ3v) is 6.07. The average Bonchev–Trinajstić information content (AvgIpc) is 2.97. The van der Waals surface area contributed by atoms with Crippen LogP contribution < -0.4 is 0 Å². The Morgan fingerprint density at radius 3 is 0.825 bits per heavy atom. The smallest absolute Gasteiger partial charge is 0.195 e. The molecule has 0 aliphatic carbocycles. The zero-order valence-corrected chi connectivity index (χ0v) is 20.5. The van der Waals surface area contributed by atoms with E-state index >= 15 is 0 Å². The van der Waals surface area contributed by atoms with Gasteiger partial charge in [0.1, 0.15) is 97.7 Å². The zero-order chi connectivity index (χ0) is 31.8. The Kier molecular flexibility index (Phi) is 16.3. The van der Waals surface area contributed by atoms with Crippen molar-refractivity contribution in [1.82, 2.24) is 0 Å². The molecule has 16 unspecified atom stereocenters. The molecule has 18 N–H and O–H groups in total. The maximum atomic E-state index is 12.3. The van der Waals surface area contributed by atoms with Crippen LogP contribution in [0.4, 0.5) is 0 Å². The van der Waals surface area contributed by atoms with Crippen LogP contribution in [0.5, 0.6) is 0 Å². The minimum atomic E-state index is -2.97. The lowest BCUT2D eigenvalue weighted by Gasteiger charge is -2.34. The summed E-state index contributed by atoms with van der Waals surface area (Å²) in [6.45, 7) is -2.26. The van der Waals surface area contributed by atoms with Crippen LogP contribution in [-0.4, -0.2) is 214 Å². The Morgan fingerprint density at radius 1 is 0.325 bits per heavy atom. The van der Waals surface area contributed by atoms with Gasteiger partial charge in [-0.3, -0.25) is 9.59 Å². The van der Waals surface area contributed by atoms with Crippen LogP contribution in [0.3, 0.4) is 0 Å². The zero-order valence-electron chi connectivity index (χ0n) is 20.5. The maximum absolute atomic E-state index is 12.3. The molecule has 0 saturated heterocycles. The van der Waals surface area contributed by atoms with E-state index in [1.807, 2.05) is 0 Å². The van der Waals surface area contributed by atoms with Gasteiger partial charge in [-0.15, -0.1) is 0 Å². The molecule has 0 aromatic rings. The van der Waals surface area contributed by atoms with Crippen molar-refractivity contribution in [2.45, 2.75) is 97.7 Å². The van der Waals surface area contributed by atoms with Gasteiger partial charge in [-0.2, -0.15) is 0 Å². The van der Waals surface area contributed by atoms with Gasteiger partial charge in [0.05, 0.1) is 13.2 Å². The second kappa shape index (κ2) is 16.9. The Hall–Kier alpha value is -1.38. The summed E-state index contributed by atoms with van der Waals surface area (Å²) in [5.41, 5.74) is 0. The topological polar surface area (TPSA) is 398 Å². The molecule has 0 bridgehead atoms. The monoisotopic (exact) mass is 598 g/mol. The number of aliphatic hydroxyl groups excluding tert-OH is 18. The van der Waals surface area contributed by atoms with E-state index in [-0.39, 0.29) is 0 Å². The summed E-state index contributed by atoms with van der Waals surface area (Å²) in [6.07, 6.45) is -42.0. The van der Waals surface area contributed by atoms with Crippen molar-refractivity contribution in [1.29, 1.82) is 0 Å². The van der Waals surface area contributed by atoms with E-state index in [9.17, 15) is 91.3 Å². The van der Waals surface area contributed by atoms with Gasteiger partial charge in [-0.05, 0) is 0 Å². The molecule has 20 nitrogen and oxygen atoms in total. The van der Waals surface area contributed by atoms with E-state index in [2.05, 4.69) is 0 Å². The molecule has 0 radical (unpaired) electrons. The lowest BCUT2D eigenvalue weighted by atomic mass is 9.88. The molecule has 0 saturated carbocycles. The highest BCUT2D eigenvalue weighted by atomic mass is 16.4. The van der Waals surface area contributed by atoms with Crippen LogP contribution in [0.15, 0.2) is 0 Å². The van der Waals surface area contributed by atoms with Crippen molar-refractivity contribution in [2.75, 3.05) is 13.2 Å². The molecule has 0 aromatic carbocycles. The quantitative estimate of drug-likeness (QED) is 0.0655. The summed E-state index contributed by atoms with van der Waals surface area (Å²) in [5.74, 6) is -3.89. The first kappa shape index (κ1) is 38.6. The first-order valence-electron chi connectivity index (χ1n) is 11.5. The Bertz CT molecular complexity index is 770. The highest BCUT2D eigenvalue weighted by Crippen LogP contribution is 2.18. The van der Waals surface area contributed by atoms with Crippen molar-refractivity contribution in [3.8, 4) is 0 Å². The van der Waals surface area contributed by atoms with E-state index in [0.29, 0.717) is 0 Å². The molecular weight excluding hydrogens is 560 g/mol. The van der Waals surface area contributed by atoms with Gasteiger partial charge in [0, 0.05) is 0 Å². The molecule has 0 aliphatic rings. The maximum Gasteiger partial charge on any atom is 0.195 e. The van der Waals surface area contributed by atoms with Crippen LogP contribution in [-0.2, 0) is 9.59 Å². The molecule has 20 heteroatoms. The van der Waals surface area contributed by atoms with Gasteiger partial charge in [0.25, 0.3) is 0 Å². The van der Waals surface area contributed by atoms with Crippen LogP contribution in [0.25, 0.3) is 0 Å². The highest BCUT2D eigenvalue weighted by molar-refractivity contribution is 5.90. The van der Waals surface area contributed by atoms with E-state index in [4.69, 9.17) is 10.2 Å². The van der Waals surface area contributed by atoms with Gasteiger partial charge in [-0.1, -0.05) is 0 Å². The largest absolute Gasteiger partial charge is 0.394 e. The molecule has 0 rings (SSSR count). The Balaban J connectivity index is 5.42. The average molecular weight is 599 g/mol. The fourth-order valence-corrected chi connectivity index (χ4v) is 3.25. The molecule has 238 valence electrons. The third kappa shape index (κ3) is 9.32. The van der Waals surface area contributed by atoms with Gasteiger partial charge in [0.2, 0.25) is 0 Å². The van der Waals surface area contributed by atoms with Crippen molar-refractivity contribution in [3.63, 3.8) is 0 Å². The molecule has 16 atom stereocenters. The molecule has 0 aromatic heterocycles. The van der Waals surface area contributed by atoms with Crippen molar-refractivity contribution >= 4 is 11.6 Å². The standard InChI is InChI=1S/C20H38O20/c21-1-3(23)5(25)7(27)9(29)11(31)13(33)15(35)17(37)19(39)20(40)18(38)16(36)14(34)12(32)10(30)8(28)6(26)4(24)2-22/h3-9,11-19,21-29,31-39H,1-2H2. The predicted octanol–water partition coefficient (Wildman–Crippen LogP) is -12.1. The van der Waals surface area contributed by atoms with Crippen LogP contribution in [0.1, 0.15) is 0 Å². The molecule has 40 heavy (non-hydrogen) atoms. The number of hydrogen-bond acceptors (Lipinski definition) is 20. The second-order valence-corrected chi connectivity index (χ2v) is 8.99. The van der Waals surface area contributed by atoms with E-state index < -0.39 is 122 Å². The summed E-state index contributed by atoms with van der Waals surface area (Å²) in [7, 11) is 0. The lowest BCUT2D eigenvalue weighted by molar-refractivity contribution is -0.190. The van der Waals surface area contributed by atoms with Gasteiger partial charge in [-0.25, -0.2) is 0 Å². The number of hydrogen-bond donors (Lipinski definition) is 18. The molecule has 0 aliphatic heterocycles. The molecule has 0 amide bonds. The second-order valence-electron chi connectivity index (χ2n) is 8.99. The van der Waals surface area contributed by atoms with Gasteiger partial charge < -0.3 is 91.9 Å². The number of carbonyl (C=O) groups excluding carboxylic acids is 2. The number of ketones is 2. The number of aliphatic hydroxyl groups is 18. The molecular formula is C20H38O20. The fraction of sp³-hybridized carbons (Fsp3) is 0.900. The minimum Gasteiger partial charge on any atom is -0.394 e. The highest BCUT2D eigenvalue weighted by Gasteiger charge is 2.47. The van der Waals surface area contributed by atoms with Crippen LogP contribution >= 0.6 is 0 Å². The first-order chi connectivity index (χ1) is 18.3. The number of carbonyl (C=O) groups is 2. The summed E-state index contributed by atoms with van der Waals surface area (Å²) >= 11 is 0. The minimum absolute atomic E-state index is 1.11. The predicted molar refractivity (Wildman–Crippen MR) is 120 cm³/mol. The molecule has 0 fully saturated rings. The summed E-state index contributed by atoms with van der Waals surface area (Å²) in [6, 6.07) is 0. The van der Waals surface area contributed by atoms with E-state index in [0.717, 1.165) is 0 Å². The Labute approximate surface area is 224 Å². The number of rotatable bonds is 19. The summed E-state index contributed by atoms with van der Waals surface area (Å²) < 4.78 is 0. The third-order valence-electron chi connectivity index (χ3n) is 6.07. The fourth-order valence-electron chi connectivity index (χ4n) is 3.25. The summed E-state index contributed by atoms with van der Waals surface area (Å²) in [4.78, 5) is 24.2. The summed E-state index contributed by atoms with van der Waals surface area (Å²) in [5, 5.41) is 174. The lowest BCUT2D eigenvalue weighted by Crippen LogP contribution is -2.60. The van der Waals surface area contributed by atoms with Crippen LogP contribution in [0.2, 0.25) is 0 Å². The Morgan fingerprint density at radius 2 is 0.525 bits per heavy atom. The number of Topliss-reactive ketones (excluding diaryl/α,β-unsaturated/α-hetero) is 2. The van der Waals surface area contributed by atoms with Crippen molar-refractivity contribution < 1.29 is 102 Å².